The quantitative estimate of drug-likeness (QED) is 0.515. The normalized spacial score (nSPS) is 24.4. The summed E-state index contributed by atoms with van der Waals surface area (Å²) < 4.78 is 0. The molecular formula is C11H23ClN2. The highest BCUT2D eigenvalue weighted by molar-refractivity contribution is 6.17. The maximum Gasteiger partial charge on any atom is 0.0223 e. The SMILES string of the molecule is CN1CCCC(N(C)CCCCCl)C1. The molecule has 0 amide bonds. The number of hydrogen-bond donors (Lipinski definition) is 0. The summed E-state index contributed by atoms with van der Waals surface area (Å²) in [5.74, 6) is 0.804. The van der Waals surface area contributed by atoms with E-state index in [0.29, 0.717) is 0 Å². The van der Waals surface area contributed by atoms with Gasteiger partial charge in [0.15, 0.2) is 0 Å². The Morgan fingerprint density at radius 2 is 2.21 bits per heavy atom. The van der Waals surface area contributed by atoms with Crippen LogP contribution >= 0.6 is 11.6 Å². The average Bonchev–Trinajstić information content (AvgIpc) is 2.18. The lowest BCUT2D eigenvalue weighted by Crippen LogP contribution is -2.45. The number of alkyl halides is 1. The van der Waals surface area contributed by atoms with Gasteiger partial charge in [0.25, 0.3) is 0 Å². The summed E-state index contributed by atoms with van der Waals surface area (Å²) >= 11 is 5.67. The number of piperidine rings is 1. The van der Waals surface area contributed by atoms with Gasteiger partial charge in [0, 0.05) is 18.5 Å². The van der Waals surface area contributed by atoms with Crippen LogP contribution in [-0.4, -0.2) is 55.5 Å². The molecule has 0 aliphatic carbocycles. The summed E-state index contributed by atoms with van der Waals surface area (Å²) in [4.78, 5) is 4.94. The van der Waals surface area contributed by atoms with Gasteiger partial charge in [0.2, 0.25) is 0 Å². The van der Waals surface area contributed by atoms with Crippen molar-refractivity contribution < 1.29 is 0 Å². The molecule has 0 spiro atoms. The van der Waals surface area contributed by atoms with E-state index in [1.165, 1.54) is 38.9 Å². The van der Waals surface area contributed by atoms with Crippen LogP contribution in [0.4, 0.5) is 0 Å². The molecule has 1 saturated heterocycles. The smallest absolute Gasteiger partial charge is 0.0223 e. The topological polar surface area (TPSA) is 6.48 Å². The van der Waals surface area contributed by atoms with Gasteiger partial charge < -0.3 is 9.80 Å². The van der Waals surface area contributed by atoms with Crippen molar-refractivity contribution in [2.45, 2.75) is 31.7 Å². The number of unbranched alkanes of at least 4 members (excludes halogenated alkanes) is 1. The van der Waals surface area contributed by atoms with Crippen molar-refractivity contribution in [1.82, 2.24) is 9.80 Å². The van der Waals surface area contributed by atoms with Crippen LogP contribution in [0.1, 0.15) is 25.7 Å². The highest BCUT2D eigenvalue weighted by atomic mass is 35.5. The van der Waals surface area contributed by atoms with Crippen LogP contribution in [0.15, 0.2) is 0 Å². The van der Waals surface area contributed by atoms with Gasteiger partial charge in [-0.3, -0.25) is 0 Å². The highest BCUT2D eigenvalue weighted by Gasteiger charge is 2.20. The first kappa shape index (κ1) is 12.3. The number of hydrogen-bond acceptors (Lipinski definition) is 2. The van der Waals surface area contributed by atoms with Crippen molar-refractivity contribution in [3.8, 4) is 0 Å². The Labute approximate surface area is 93.2 Å². The minimum atomic E-state index is 0.768. The van der Waals surface area contributed by atoms with Crippen molar-refractivity contribution >= 4 is 11.6 Å². The van der Waals surface area contributed by atoms with Gasteiger partial charge in [0.1, 0.15) is 0 Å². The molecule has 1 aliphatic heterocycles. The van der Waals surface area contributed by atoms with E-state index in [4.69, 9.17) is 11.6 Å². The van der Waals surface area contributed by atoms with Crippen molar-refractivity contribution in [1.29, 1.82) is 0 Å². The number of likely N-dealkylation sites (N-methyl/N-ethyl adjacent to an activating group) is 2. The summed E-state index contributed by atoms with van der Waals surface area (Å²) in [6.07, 6.45) is 5.09. The fraction of sp³-hybridized carbons (Fsp3) is 1.00. The molecule has 2 nitrogen and oxygen atoms in total. The zero-order valence-electron chi connectivity index (χ0n) is 9.51. The van der Waals surface area contributed by atoms with Crippen LogP contribution in [0, 0.1) is 0 Å². The van der Waals surface area contributed by atoms with Crippen LogP contribution in [0.3, 0.4) is 0 Å². The number of rotatable bonds is 5. The van der Waals surface area contributed by atoms with Gasteiger partial charge in [-0.1, -0.05) is 0 Å². The molecular weight excluding hydrogens is 196 g/mol. The monoisotopic (exact) mass is 218 g/mol. The average molecular weight is 219 g/mol. The number of likely N-dealkylation sites (tertiary alicyclic amines) is 1. The van der Waals surface area contributed by atoms with Crippen LogP contribution in [0.2, 0.25) is 0 Å². The maximum absolute atomic E-state index is 5.67. The zero-order valence-corrected chi connectivity index (χ0v) is 10.3. The molecule has 0 radical (unpaired) electrons. The standard InChI is InChI=1S/C11H23ClN2/c1-13-8-5-6-11(10-13)14(2)9-4-3-7-12/h11H,3-10H2,1-2H3. The predicted molar refractivity (Wildman–Crippen MR) is 63.1 cm³/mol. The van der Waals surface area contributed by atoms with E-state index in [1.54, 1.807) is 0 Å². The third-order valence-electron chi connectivity index (χ3n) is 3.12. The first-order valence-electron chi connectivity index (χ1n) is 5.69. The van der Waals surface area contributed by atoms with E-state index in [9.17, 15) is 0 Å². The third kappa shape index (κ3) is 4.16. The molecule has 0 aromatic rings. The molecule has 1 heterocycles. The summed E-state index contributed by atoms with van der Waals surface area (Å²) in [5, 5.41) is 0. The largest absolute Gasteiger partial charge is 0.305 e. The second-order valence-electron chi connectivity index (χ2n) is 4.43. The number of halogens is 1. The Hall–Kier alpha value is 0.210. The van der Waals surface area contributed by atoms with Gasteiger partial charge in [-0.2, -0.15) is 0 Å². The highest BCUT2D eigenvalue weighted by Crippen LogP contribution is 2.13. The molecule has 1 unspecified atom stereocenters. The second kappa shape index (κ2) is 6.65. The predicted octanol–water partition coefficient (Wildman–Crippen LogP) is 2.03. The fourth-order valence-electron chi connectivity index (χ4n) is 2.14. The Bertz CT molecular complexity index is 152. The van der Waals surface area contributed by atoms with Crippen molar-refractivity contribution in [3.63, 3.8) is 0 Å². The van der Waals surface area contributed by atoms with Crippen molar-refractivity contribution in [2.75, 3.05) is 39.6 Å². The van der Waals surface area contributed by atoms with Crippen LogP contribution < -0.4 is 0 Å². The van der Waals surface area contributed by atoms with Gasteiger partial charge in [0.05, 0.1) is 0 Å². The molecule has 3 heteroatoms. The van der Waals surface area contributed by atoms with E-state index in [-0.39, 0.29) is 0 Å². The minimum Gasteiger partial charge on any atom is -0.305 e. The fourth-order valence-corrected chi connectivity index (χ4v) is 2.33. The minimum absolute atomic E-state index is 0.768. The van der Waals surface area contributed by atoms with Gasteiger partial charge in [-0.05, 0) is 52.9 Å². The molecule has 0 saturated carbocycles. The third-order valence-corrected chi connectivity index (χ3v) is 3.38. The molecule has 0 N–H and O–H groups in total. The molecule has 1 atom stereocenters. The summed E-state index contributed by atoms with van der Waals surface area (Å²) in [6.45, 7) is 3.70. The van der Waals surface area contributed by atoms with Crippen LogP contribution in [-0.2, 0) is 0 Å². The van der Waals surface area contributed by atoms with Crippen LogP contribution in [0.5, 0.6) is 0 Å². The molecule has 1 fully saturated rings. The Kier molecular flexibility index (Phi) is 5.83. The van der Waals surface area contributed by atoms with Crippen molar-refractivity contribution in [2.24, 2.45) is 0 Å². The first-order chi connectivity index (χ1) is 6.74. The summed E-state index contributed by atoms with van der Waals surface area (Å²) in [5.41, 5.74) is 0. The van der Waals surface area contributed by atoms with Gasteiger partial charge >= 0.3 is 0 Å². The molecule has 84 valence electrons. The second-order valence-corrected chi connectivity index (χ2v) is 4.81. The Balaban J connectivity index is 2.18. The molecule has 0 aromatic heterocycles. The first-order valence-corrected chi connectivity index (χ1v) is 6.22. The van der Waals surface area contributed by atoms with E-state index in [0.717, 1.165) is 18.3 Å². The molecule has 0 aromatic carbocycles. The zero-order chi connectivity index (χ0) is 10.4. The molecule has 1 rings (SSSR count). The van der Waals surface area contributed by atoms with Crippen LogP contribution in [0.25, 0.3) is 0 Å². The lowest BCUT2D eigenvalue weighted by molar-refractivity contribution is 0.133. The molecule has 0 bridgehead atoms. The lowest BCUT2D eigenvalue weighted by atomic mass is 10.0. The van der Waals surface area contributed by atoms with E-state index >= 15 is 0 Å². The van der Waals surface area contributed by atoms with E-state index in [2.05, 4.69) is 23.9 Å². The maximum atomic E-state index is 5.67. The van der Waals surface area contributed by atoms with Crippen molar-refractivity contribution in [3.05, 3.63) is 0 Å². The van der Waals surface area contributed by atoms with E-state index in [1.807, 2.05) is 0 Å². The van der Waals surface area contributed by atoms with Gasteiger partial charge in [-0.15, -0.1) is 11.6 Å². The Morgan fingerprint density at radius 3 is 2.86 bits per heavy atom. The lowest BCUT2D eigenvalue weighted by Gasteiger charge is -2.35. The molecule has 14 heavy (non-hydrogen) atoms. The Morgan fingerprint density at radius 1 is 1.43 bits per heavy atom. The molecule has 1 aliphatic rings. The number of nitrogens with zero attached hydrogens (tertiary/aromatic N) is 2. The van der Waals surface area contributed by atoms with Gasteiger partial charge in [-0.25, -0.2) is 0 Å². The van der Waals surface area contributed by atoms with E-state index < -0.39 is 0 Å². The summed E-state index contributed by atoms with van der Waals surface area (Å²) in [6, 6.07) is 0.768. The summed E-state index contributed by atoms with van der Waals surface area (Å²) in [7, 11) is 4.47.